The van der Waals surface area contributed by atoms with E-state index in [9.17, 15) is 4.79 Å². The Balaban J connectivity index is 2.18. The van der Waals surface area contributed by atoms with Gasteiger partial charge in [0.2, 0.25) is 5.91 Å². The Morgan fingerprint density at radius 2 is 2.06 bits per heavy atom. The van der Waals surface area contributed by atoms with Crippen molar-refractivity contribution in [2.45, 2.75) is 19.3 Å². The van der Waals surface area contributed by atoms with Crippen molar-refractivity contribution in [1.82, 2.24) is 9.88 Å². The molecule has 5 heteroatoms. The van der Waals surface area contributed by atoms with Crippen LogP contribution in [0.15, 0.2) is 18.3 Å². The summed E-state index contributed by atoms with van der Waals surface area (Å²) in [7, 11) is 0. The SMILES string of the molecule is CC(C)(C(=O)N1CCOCC1)c1ccc(Cl)nc1. The van der Waals surface area contributed by atoms with Crippen LogP contribution in [0.3, 0.4) is 0 Å². The first-order valence-electron chi connectivity index (χ1n) is 6.01. The number of aromatic nitrogens is 1. The lowest BCUT2D eigenvalue weighted by atomic mass is 9.84. The van der Waals surface area contributed by atoms with E-state index in [0.717, 1.165) is 5.56 Å². The third-order valence-corrected chi connectivity index (χ3v) is 3.51. The number of hydrogen-bond donors (Lipinski definition) is 0. The van der Waals surface area contributed by atoms with Crippen LogP contribution >= 0.6 is 11.6 Å². The number of hydrogen-bond acceptors (Lipinski definition) is 3. The zero-order chi connectivity index (χ0) is 13.2. The predicted molar refractivity (Wildman–Crippen MR) is 69.7 cm³/mol. The molecule has 18 heavy (non-hydrogen) atoms. The summed E-state index contributed by atoms with van der Waals surface area (Å²) in [5.41, 5.74) is 0.290. The van der Waals surface area contributed by atoms with Gasteiger partial charge in [0.25, 0.3) is 0 Å². The third-order valence-electron chi connectivity index (χ3n) is 3.28. The quantitative estimate of drug-likeness (QED) is 0.769. The van der Waals surface area contributed by atoms with Crippen LogP contribution < -0.4 is 0 Å². The number of morpholine rings is 1. The molecule has 0 atom stereocenters. The lowest BCUT2D eigenvalue weighted by Gasteiger charge is -2.34. The van der Waals surface area contributed by atoms with Crippen LogP contribution in [-0.2, 0) is 14.9 Å². The molecule has 0 spiro atoms. The van der Waals surface area contributed by atoms with Crippen molar-refractivity contribution in [1.29, 1.82) is 0 Å². The highest BCUT2D eigenvalue weighted by molar-refractivity contribution is 6.29. The summed E-state index contributed by atoms with van der Waals surface area (Å²) in [4.78, 5) is 18.4. The molecule has 98 valence electrons. The van der Waals surface area contributed by atoms with Gasteiger partial charge in [0, 0.05) is 19.3 Å². The molecule has 2 rings (SSSR count). The molecule has 0 saturated carbocycles. The number of ether oxygens (including phenoxy) is 1. The van der Waals surface area contributed by atoms with Crippen LogP contribution in [0.2, 0.25) is 5.15 Å². The highest BCUT2D eigenvalue weighted by Crippen LogP contribution is 2.26. The predicted octanol–water partition coefficient (Wildman–Crippen LogP) is 1.87. The van der Waals surface area contributed by atoms with Crippen molar-refractivity contribution in [2.24, 2.45) is 0 Å². The number of nitrogens with zero attached hydrogens (tertiary/aromatic N) is 2. The number of rotatable bonds is 2. The summed E-state index contributed by atoms with van der Waals surface area (Å²) < 4.78 is 5.26. The van der Waals surface area contributed by atoms with Gasteiger partial charge in [0.1, 0.15) is 5.15 Å². The van der Waals surface area contributed by atoms with Crippen LogP contribution in [0, 0.1) is 0 Å². The summed E-state index contributed by atoms with van der Waals surface area (Å²) in [6.45, 7) is 6.36. The molecule has 1 aromatic heterocycles. The molecule has 2 heterocycles. The standard InChI is InChI=1S/C13H17ClN2O2/c1-13(2,10-3-4-11(14)15-9-10)12(17)16-5-7-18-8-6-16/h3-4,9H,5-8H2,1-2H3. The first kappa shape index (κ1) is 13.3. The molecule has 1 aliphatic rings. The van der Waals surface area contributed by atoms with E-state index < -0.39 is 5.41 Å². The molecular weight excluding hydrogens is 252 g/mol. The summed E-state index contributed by atoms with van der Waals surface area (Å²) in [6, 6.07) is 3.57. The lowest BCUT2D eigenvalue weighted by Crippen LogP contribution is -2.48. The first-order valence-corrected chi connectivity index (χ1v) is 6.39. The second kappa shape index (κ2) is 5.24. The summed E-state index contributed by atoms with van der Waals surface area (Å²) in [5.74, 6) is 0.106. The van der Waals surface area contributed by atoms with Crippen molar-refractivity contribution in [3.05, 3.63) is 29.0 Å². The van der Waals surface area contributed by atoms with Crippen LogP contribution in [-0.4, -0.2) is 42.1 Å². The Kier molecular flexibility index (Phi) is 3.88. The molecule has 1 aliphatic heterocycles. The number of pyridine rings is 1. The van der Waals surface area contributed by atoms with E-state index in [4.69, 9.17) is 16.3 Å². The van der Waals surface area contributed by atoms with Gasteiger partial charge < -0.3 is 9.64 Å². The molecule has 0 bridgehead atoms. The molecule has 0 unspecified atom stereocenters. The highest BCUT2D eigenvalue weighted by atomic mass is 35.5. The lowest BCUT2D eigenvalue weighted by molar-refractivity contribution is -0.140. The van der Waals surface area contributed by atoms with E-state index in [1.807, 2.05) is 24.8 Å². The monoisotopic (exact) mass is 268 g/mol. The van der Waals surface area contributed by atoms with Crippen LogP contribution in [0.25, 0.3) is 0 Å². The van der Waals surface area contributed by atoms with Crippen LogP contribution in [0.5, 0.6) is 0 Å². The van der Waals surface area contributed by atoms with E-state index >= 15 is 0 Å². The minimum absolute atomic E-state index is 0.106. The van der Waals surface area contributed by atoms with E-state index in [1.54, 1.807) is 12.3 Å². The molecule has 1 aromatic rings. The van der Waals surface area contributed by atoms with Gasteiger partial charge in [-0.1, -0.05) is 17.7 Å². The minimum atomic E-state index is -0.588. The second-order valence-electron chi connectivity index (χ2n) is 4.90. The molecule has 0 aliphatic carbocycles. The Hall–Kier alpha value is -1.13. The molecule has 0 radical (unpaired) electrons. The Labute approximate surface area is 112 Å². The Morgan fingerprint density at radius 1 is 1.39 bits per heavy atom. The fourth-order valence-corrected chi connectivity index (χ4v) is 2.14. The van der Waals surface area contributed by atoms with Gasteiger partial charge in [-0.15, -0.1) is 0 Å². The van der Waals surface area contributed by atoms with E-state index in [2.05, 4.69) is 4.98 Å². The van der Waals surface area contributed by atoms with Crippen LogP contribution in [0.1, 0.15) is 19.4 Å². The zero-order valence-corrected chi connectivity index (χ0v) is 11.4. The van der Waals surface area contributed by atoms with Crippen molar-refractivity contribution in [3.8, 4) is 0 Å². The summed E-state index contributed by atoms with van der Waals surface area (Å²) in [5, 5.41) is 0.438. The highest BCUT2D eigenvalue weighted by Gasteiger charge is 2.34. The summed E-state index contributed by atoms with van der Waals surface area (Å²) >= 11 is 5.77. The maximum Gasteiger partial charge on any atom is 0.232 e. The van der Waals surface area contributed by atoms with Crippen molar-refractivity contribution < 1.29 is 9.53 Å². The topological polar surface area (TPSA) is 42.4 Å². The zero-order valence-electron chi connectivity index (χ0n) is 10.6. The Morgan fingerprint density at radius 3 is 2.61 bits per heavy atom. The van der Waals surface area contributed by atoms with Gasteiger partial charge in [-0.05, 0) is 25.5 Å². The molecule has 0 N–H and O–H groups in total. The van der Waals surface area contributed by atoms with E-state index in [0.29, 0.717) is 31.5 Å². The van der Waals surface area contributed by atoms with Crippen LogP contribution in [0.4, 0.5) is 0 Å². The number of carbonyl (C=O) groups excluding carboxylic acids is 1. The van der Waals surface area contributed by atoms with Gasteiger partial charge in [-0.2, -0.15) is 0 Å². The van der Waals surface area contributed by atoms with Gasteiger partial charge in [-0.3, -0.25) is 4.79 Å². The number of halogens is 1. The normalized spacial score (nSPS) is 16.7. The smallest absolute Gasteiger partial charge is 0.232 e. The van der Waals surface area contributed by atoms with E-state index in [1.165, 1.54) is 0 Å². The average Bonchev–Trinajstić information content (AvgIpc) is 2.39. The molecule has 0 aromatic carbocycles. The van der Waals surface area contributed by atoms with Crippen molar-refractivity contribution in [2.75, 3.05) is 26.3 Å². The molecular formula is C13H17ClN2O2. The minimum Gasteiger partial charge on any atom is -0.378 e. The summed E-state index contributed by atoms with van der Waals surface area (Å²) in [6.07, 6.45) is 1.67. The fraction of sp³-hybridized carbons (Fsp3) is 0.538. The largest absolute Gasteiger partial charge is 0.378 e. The molecule has 4 nitrogen and oxygen atoms in total. The maximum absolute atomic E-state index is 12.5. The number of carbonyl (C=O) groups is 1. The van der Waals surface area contributed by atoms with Gasteiger partial charge in [-0.25, -0.2) is 4.98 Å². The fourth-order valence-electron chi connectivity index (χ4n) is 2.03. The van der Waals surface area contributed by atoms with Crippen molar-refractivity contribution >= 4 is 17.5 Å². The van der Waals surface area contributed by atoms with Gasteiger partial charge in [0.15, 0.2) is 0 Å². The van der Waals surface area contributed by atoms with Gasteiger partial charge in [0.05, 0.1) is 18.6 Å². The van der Waals surface area contributed by atoms with Crippen molar-refractivity contribution in [3.63, 3.8) is 0 Å². The maximum atomic E-state index is 12.5. The number of amides is 1. The van der Waals surface area contributed by atoms with E-state index in [-0.39, 0.29) is 5.91 Å². The Bertz CT molecular complexity index is 425. The second-order valence-corrected chi connectivity index (χ2v) is 5.29. The molecule has 1 fully saturated rings. The molecule has 1 amide bonds. The average molecular weight is 269 g/mol. The molecule has 1 saturated heterocycles. The first-order chi connectivity index (χ1) is 8.51. The third kappa shape index (κ3) is 2.65. The van der Waals surface area contributed by atoms with Gasteiger partial charge >= 0.3 is 0 Å².